The molecule has 24 heavy (non-hydrogen) atoms. The smallest absolute Gasteiger partial charge is 0.201 e. The van der Waals surface area contributed by atoms with E-state index in [1.54, 1.807) is 0 Å². The Kier molecular flexibility index (Phi) is 4.25. The Morgan fingerprint density at radius 2 is 1.92 bits per heavy atom. The minimum Gasteiger partial charge on any atom is -0.393 e. The summed E-state index contributed by atoms with van der Waals surface area (Å²) in [5.41, 5.74) is -0.485. The summed E-state index contributed by atoms with van der Waals surface area (Å²) in [5.74, 6) is 0.961. The molecule has 5 heteroatoms. The number of fused-ring (bicyclic) bond motifs is 2. The lowest BCUT2D eigenvalue weighted by atomic mass is 9.57. The van der Waals surface area contributed by atoms with Gasteiger partial charge in [-0.2, -0.15) is 0 Å². The molecule has 2 bridgehead atoms. The van der Waals surface area contributed by atoms with E-state index in [-0.39, 0.29) is 18.5 Å². The second-order valence-corrected chi connectivity index (χ2v) is 8.74. The first-order valence-corrected chi connectivity index (χ1v) is 9.78. The zero-order chi connectivity index (χ0) is 17.1. The molecule has 0 aromatic heterocycles. The van der Waals surface area contributed by atoms with Crippen LogP contribution in [0.1, 0.15) is 66.2 Å². The standard InChI is InChI=1S/C19H32O5/c1-5-13(20)10-16-12(3)15-7-6-11(2)14-8-9-18(4)22-17(21-16)19(14,15)24-23-18/h11-17,20H,5-10H2,1-4H3/t11-,12-,13+,14+,15+,16-,17-,18+,19-/m1/s1. The predicted octanol–water partition coefficient (Wildman–Crippen LogP) is 3.40. The monoisotopic (exact) mass is 340 g/mol. The number of hydrogen-bond acceptors (Lipinski definition) is 5. The Morgan fingerprint density at radius 3 is 2.67 bits per heavy atom. The summed E-state index contributed by atoms with van der Waals surface area (Å²) in [6, 6.07) is 0. The third-order valence-electron chi connectivity index (χ3n) is 7.27. The van der Waals surface area contributed by atoms with Gasteiger partial charge in [0.25, 0.3) is 0 Å². The Hall–Kier alpha value is -0.200. The second-order valence-electron chi connectivity index (χ2n) is 8.74. The molecular weight excluding hydrogens is 308 g/mol. The molecule has 0 radical (unpaired) electrons. The second kappa shape index (κ2) is 5.92. The molecule has 1 saturated carbocycles. The minimum absolute atomic E-state index is 0.0150. The van der Waals surface area contributed by atoms with E-state index in [0.29, 0.717) is 30.1 Å². The quantitative estimate of drug-likeness (QED) is 0.798. The van der Waals surface area contributed by atoms with Crippen LogP contribution in [0.25, 0.3) is 0 Å². The fourth-order valence-electron chi connectivity index (χ4n) is 5.68. The van der Waals surface area contributed by atoms with Crippen LogP contribution in [-0.2, 0) is 19.2 Å². The molecule has 4 heterocycles. The van der Waals surface area contributed by atoms with Crippen LogP contribution in [-0.4, -0.2) is 35.0 Å². The van der Waals surface area contributed by atoms with Crippen molar-refractivity contribution in [3.8, 4) is 0 Å². The molecule has 1 spiro atoms. The van der Waals surface area contributed by atoms with Crippen molar-refractivity contribution in [1.82, 2.24) is 0 Å². The largest absolute Gasteiger partial charge is 0.393 e. The molecule has 0 amide bonds. The van der Waals surface area contributed by atoms with Crippen molar-refractivity contribution in [2.75, 3.05) is 0 Å². The molecule has 9 atom stereocenters. The molecule has 0 unspecified atom stereocenters. The first-order chi connectivity index (χ1) is 11.4. The van der Waals surface area contributed by atoms with Crippen LogP contribution in [0.3, 0.4) is 0 Å². The lowest BCUT2D eigenvalue weighted by molar-refractivity contribution is -0.571. The maximum absolute atomic E-state index is 10.2. The highest BCUT2D eigenvalue weighted by Gasteiger charge is 2.69. The van der Waals surface area contributed by atoms with Gasteiger partial charge in [0, 0.05) is 12.3 Å². The van der Waals surface area contributed by atoms with Gasteiger partial charge in [0.05, 0.1) is 12.2 Å². The average molecular weight is 340 g/mol. The molecule has 0 aromatic rings. The summed E-state index contributed by atoms with van der Waals surface area (Å²) in [7, 11) is 0. The Balaban J connectivity index is 1.69. The number of rotatable bonds is 3. The van der Waals surface area contributed by atoms with Gasteiger partial charge < -0.3 is 14.6 Å². The van der Waals surface area contributed by atoms with Gasteiger partial charge in [-0.05, 0) is 56.8 Å². The Morgan fingerprint density at radius 1 is 1.12 bits per heavy atom. The molecule has 5 nitrogen and oxygen atoms in total. The molecule has 4 saturated heterocycles. The lowest BCUT2D eigenvalue weighted by Crippen LogP contribution is -2.70. The van der Waals surface area contributed by atoms with Gasteiger partial charge in [0.15, 0.2) is 11.9 Å². The Bertz CT molecular complexity index is 484. The van der Waals surface area contributed by atoms with E-state index in [9.17, 15) is 5.11 Å². The first kappa shape index (κ1) is 17.2. The van der Waals surface area contributed by atoms with E-state index in [4.69, 9.17) is 19.2 Å². The normalized spacial score (nSPS) is 54.9. The van der Waals surface area contributed by atoms with Crippen molar-refractivity contribution in [3.63, 3.8) is 0 Å². The summed E-state index contributed by atoms with van der Waals surface area (Å²) in [6.45, 7) is 8.54. The molecule has 5 rings (SSSR count). The average Bonchev–Trinajstić information content (AvgIpc) is 2.78. The van der Waals surface area contributed by atoms with Crippen molar-refractivity contribution in [2.45, 2.75) is 96.1 Å². The molecular formula is C19H32O5. The van der Waals surface area contributed by atoms with E-state index in [0.717, 1.165) is 25.7 Å². The SMILES string of the molecule is CC[C@H](O)C[C@H]1O[C@@H]2O[C@]3(C)CC[C@H]4[C@H](C)CC[C@@H]([C@H]1C)[C@@]24OO3. The highest BCUT2D eigenvalue weighted by atomic mass is 17.3. The maximum atomic E-state index is 10.2. The number of aliphatic hydroxyl groups excluding tert-OH is 1. The minimum atomic E-state index is -0.716. The van der Waals surface area contributed by atoms with E-state index in [1.165, 1.54) is 6.42 Å². The third kappa shape index (κ3) is 2.39. The van der Waals surface area contributed by atoms with Crippen LogP contribution < -0.4 is 0 Å². The van der Waals surface area contributed by atoms with Gasteiger partial charge in [0.2, 0.25) is 5.79 Å². The molecule has 5 fully saturated rings. The van der Waals surface area contributed by atoms with Crippen LogP contribution in [0.5, 0.6) is 0 Å². The van der Waals surface area contributed by atoms with E-state index < -0.39 is 11.4 Å². The molecule has 1 aliphatic carbocycles. The molecule has 4 aliphatic heterocycles. The molecule has 5 aliphatic rings. The number of aliphatic hydroxyl groups is 1. The summed E-state index contributed by atoms with van der Waals surface area (Å²) >= 11 is 0. The highest BCUT2D eigenvalue weighted by molar-refractivity contribution is 5.09. The zero-order valence-electron chi connectivity index (χ0n) is 15.4. The zero-order valence-corrected chi connectivity index (χ0v) is 15.4. The van der Waals surface area contributed by atoms with Gasteiger partial charge in [-0.1, -0.05) is 20.8 Å². The van der Waals surface area contributed by atoms with Gasteiger partial charge >= 0.3 is 0 Å². The van der Waals surface area contributed by atoms with Gasteiger partial charge in [-0.25, -0.2) is 9.78 Å². The van der Waals surface area contributed by atoms with Crippen LogP contribution in [0.15, 0.2) is 0 Å². The van der Waals surface area contributed by atoms with Crippen molar-refractivity contribution in [1.29, 1.82) is 0 Å². The van der Waals surface area contributed by atoms with Crippen LogP contribution >= 0.6 is 0 Å². The van der Waals surface area contributed by atoms with E-state index in [2.05, 4.69) is 13.8 Å². The van der Waals surface area contributed by atoms with Crippen LogP contribution in [0.4, 0.5) is 0 Å². The molecule has 138 valence electrons. The van der Waals surface area contributed by atoms with Crippen LogP contribution in [0.2, 0.25) is 0 Å². The van der Waals surface area contributed by atoms with Crippen molar-refractivity contribution < 1.29 is 24.4 Å². The summed E-state index contributed by atoms with van der Waals surface area (Å²) in [6.07, 6.45) is 4.96. The fourth-order valence-corrected chi connectivity index (χ4v) is 5.68. The van der Waals surface area contributed by atoms with Crippen molar-refractivity contribution >= 4 is 0 Å². The third-order valence-corrected chi connectivity index (χ3v) is 7.27. The molecule has 1 N–H and O–H groups in total. The van der Waals surface area contributed by atoms with Gasteiger partial charge in [-0.15, -0.1) is 0 Å². The van der Waals surface area contributed by atoms with Gasteiger partial charge in [0.1, 0.15) is 0 Å². The van der Waals surface area contributed by atoms with Crippen molar-refractivity contribution in [2.24, 2.45) is 23.7 Å². The Labute approximate surface area is 144 Å². The van der Waals surface area contributed by atoms with Crippen molar-refractivity contribution in [3.05, 3.63) is 0 Å². The van der Waals surface area contributed by atoms with Gasteiger partial charge in [-0.3, -0.25) is 0 Å². The summed E-state index contributed by atoms with van der Waals surface area (Å²) in [5, 5.41) is 10.2. The fraction of sp³-hybridized carbons (Fsp3) is 1.00. The summed E-state index contributed by atoms with van der Waals surface area (Å²) in [4.78, 5) is 11.9. The van der Waals surface area contributed by atoms with E-state index in [1.807, 2.05) is 13.8 Å². The number of ether oxygens (including phenoxy) is 2. The van der Waals surface area contributed by atoms with Crippen LogP contribution in [0, 0.1) is 23.7 Å². The topological polar surface area (TPSA) is 57.2 Å². The molecule has 0 aromatic carbocycles. The first-order valence-electron chi connectivity index (χ1n) is 9.78. The maximum Gasteiger partial charge on any atom is 0.201 e. The number of hydrogen-bond donors (Lipinski definition) is 1. The predicted molar refractivity (Wildman–Crippen MR) is 87.7 cm³/mol. The lowest BCUT2D eigenvalue weighted by Gasteiger charge is -2.60. The summed E-state index contributed by atoms with van der Waals surface area (Å²) < 4.78 is 12.8. The van der Waals surface area contributed by atoms with E-state index >= 15 is 0 Å². The highest BCUT2D eigenvalue weighted by Crippen LogP contribution is 2.60.